The molecule has 0 aromatic heterocycles. The number of carbonyl (C=O) groups excluding carboxylic acids is 1. The van der Waals surface area contributed by atoms with Crippen LogP contribution in [0.3, 0.4) is 0 Å². The van der Waals surface area contributed by atoms with Gasteiger partial charge in [-0.05, 0) is 24.3 Å². The Morgan fingerprint density at radius 3 is 2.90 bits per heavy atom. The molecule has 3 rings (SSSR count). The van der Waals surface area contributed by atoms with Crippen molar-refractivity contribution < 1.29 is 9.90 Å². The van der Waals surface area contributed by atoms with E-state index in [-0.39, 0.29) is 11.8 Å². The van der Waals surface area contributed by atoms with Crippen molar-refractivity contribution in [2.45, 2.75) is 24.6 Å². The van der Waals surface area contributed by atoms with E-state index in [1.165, 1.54) is 11.2 Å². The number of amides is 1. The molecule has 3 aliphatic heterocycles. The molecule has 0 aromatic carbocycles. The van der Waals surface area contributed by atoms with E-state index in [0.29, 0.717) is 24.3 Å². The predicted octanol–water partition coefficient (Wildman–Crippen LogP) is -0.0157. The predicted molar refractivity (Wildman–Crippen MR) is 79.8 cm³/mol. The maximum Gasteiger partial charge on any atom is 0.257 e. The van der Waals surface area contributed by atoms with Gasteiger partial charge < -0.3 is 10.8 Å². The lowest BCUT2D eigenvalue weighted by molar-refractivity contribution is -0.125. The zero-order valence-electron chi connectivity index (χ0n) is 11.3. The first-order chi connectivity index (χ1) is 9.53. The number of aliphatic hydroxyl groups is 1. The molecule has 0 spiro atoms. The van der Waals surface area contributed by atoms with Gasteiger partial charge in [-0.2, -0.15) is 11.8 Å². The van der Waals surface area contributed by atoms with Gasteiger partial charge in [-0.1, -0.05) is 6.08 Å². The molecule has 1 saturated heterocycles. The molecule has 1 fully saturated rings. The first-order valence-electron chi connectivity index (χ1n) is 6.68. The molecule has 20 heavy (non-hydrogen) atoms. The largest absolute Gasteiger partial charge is 0.385 e. The molecule has 2 unspecified atom stereocenters. The summed E-state index contributed by atoms with van der Waals surface area (Å²) in [6.45, 7) is 0. The lowest BCUT2D eigenvalue weighted by Gasteiger charge is -2.40. The van der Waals surface area contributed by atoms with Crippen LogP contribution < -0.4 is 5.73 Å². The number of thioether (sulfide) groups is 1. The quantitative estimate of drug-likeness (QED) is 0.711. The highest BCUT2D eigenvalue weighted by atomic mass is 32.2. The van der Waals surface area contributed by atoms with Crippen molar-refractivity contribution in [2.75, 3.05) is 18.6 Å². The molecule has 0 aromatic rings. The van der Waals surface area contributed by atoms with Gasteiger partial charge in [-0.3, -0.25) is 14.7 Å². The number of nitrogens with two attached hydrogens (primary N) is 1. The third-order valence-electron chi connectivity index (χ3n) is 4.14. The molecular weight excluding hydrogens is 276 g/mol. The summed E-state index contributed by atoms with van der Waals surface area (Å²) in [6.07, 6.45) is 3.92. The lowest BCUT2D eigenvalue weighted by Crippen LogP contribution is -2.53. The van der Waals surface area contributed by atoms with Crippen molar-refractivity contribution in [3.63, 3.8) is 0 Å². The van der Waals surface area contributed by atoms with Crippen molar-refractivity contribution in [1.29, 1.82) is 0 Å². The van der Waals surface area contributed by atoms with Gasteiger partial charge in [-0.25, -0.2) is 4.99 Å². The first kappa shape index (κ1) is 13.8. The fraction of sp³-hybridized carbons (Fsp3) is 0.615. The Hall–Kier alpha value is -1.18. The monoisotopic (exact) mass is 294 g/mol. The van der Waals surface area contributed by atoms with E-state index in [1.807, 2.05) is 0 Å². The number of fused-ring (bicyclic) bond motifs is 1. The van der Waals surface area contributed by atoms with Crippen molar-refractivity contribution in [3.8, 4) is 0 Å². The van der Waals surface area contributed by atoms with Crippen LogP contribution in [-0.4, -0.2) is 58.4 Å². The Kier molecular flexibility index (Phi) is 3.43. The van der Waals surface area contributed by atoms with E-state index < -0.39 is 11.8 Å². The zero-order valence-corrected chi connectivity index (χ0v) is 12.1. The maximum absolute atomic E-state index is 12.5. The number of likely N-dealkylation sites (N-methyl/N-ethyl adjacent to an activating group) is 1. The molecule has 6 nitrogen and oxygen atoms in total. The summed E-state index contributed by atoms with van der Waals surface area (Å²) in [6, 6.07) is 0. The number of hydrogen-bond acceptors (Lipinski definition) is 6. The topological polar surface area (TPSA) is 91.3 Å². The fourth-order valence-electron chi connectivity index (χ4n) is 2.85. The van der Waals surface area contributed by atoms with E-state index in [2.05, 4.69) is 9.98 Å². The highest BCUT2D eigenvalue weighted by Crippen LogP contribution is 2.37. The second kappa shape index (κ2) is 4.98. The van der Waals surface area contributed by atoms with Crippen LogP contribution in [0.1, 0.15) is 12.8 Å². The molecule has 0 aliphatic carbocycles. The average molecular weight is 294 g/mol. The maximum atomic E-state index is 12.5. The summed E-state index contributed by atoms with van der Waals surface area (Å²) < 4.78 is 0. The molecule has 2 atom stereocenters. The molecule has 3 aliphatic rings. The Labute approximate surface area is 121 Å². The SMILES string of the molecule is CN1C(=O)C(C2(O)CCSCC2)=CC2C1=NC=NC2N. The summed E-state index contributed by atoms with van der Waals surface area (Å²) in [5.41, 5.74) is 5.40. The number of rotatable bonds is 1. The lowest BCUT2D eigenvalue weighted by atomic mass is 9.81. The number of carbonyl (C=O) groups is 1. The van der Waals surface area contributed by atoms with Gasteiger partial charge in [0, 0.05) is 12.6 Å². The van der Waals surface area contributed by atoms with Gasteiger partial charge >= 0.3 is 0 Å². The van der Waals surface area contributed by atoms with Crippen LogP contribution >= 0.6 is 11.8 Å². The standard InChI is InChI=1S/C13H18N4O2S/c1-17-11-8(10(14)15-7-16-11)6-9(12(17)18)13(19)2-4-20-5-3-13/h6-8,10,19H,2-5,14H2,1H3. The van der Waals surface area contributed by atoms with E-state index in [1.54, 1.807) is 24.9 Å². The number of nitrogens with zero attached hydrogens (tertiary/aromatic N) is 3. The summed E-state index contributed by atoms with van der Waals surface area (Å²) >= 11 is 1.80. The van der Waals surface area contributed by atoms with Gasteiger partial charge in [0.15, 0.2) is 0 Å². The highest BCUT2D eigenvalue weighted by molar-refractivity contribution is 7.99. The minimum Gasteiger partial charge on any atom is -0.385 e. The van der Waals surface area contributed by atoms with E-state index in [0.717, 1.165) is 11.5 Å². The molecule has 0 radical (unpaired) electrons. The summed E-state index contributed by atoms with van der Waals surface area (Å²) in [5, 5.41) is 10.8. The van der Waals surface area contributed by atoms with Crippen molar-refractivity contribution in [3.05, 3.63) is 11.6 Å². The minimum absolute atomic E-state index is 0.183. The first-order valence-corrected chi connectivity index (χ1v) is 7.84. The van der Waals surface area contributed by atoms with Crippen LogP contribution in [0, 0.1) is 5.92 Å². The Bertz CT molecular complexity index is 522. The summed E-state index contributed by atoms with van der Waals surface area (Å²) in [4.78, 5) is 22.2. The van der Waals surface area contributed by atoms with Gasteiger partial charge in [-0.15, -0.1) is 0 Å². The number of aliphatic imine (C=N–C) groups is 2. The molecule has 1 amide bonds. The normalized spacial score (nSPS) is 32.5. The third-order valence-corrected chi connectivity index (χ3v) is 5.13. The Balaban J connectivity index is 2.01. The van der Waals surface area contributed by atoms with Crippen LogP contribution in [0.25, 0.3) is 0 Å². The second-order valence-corrected chi connectivity index (χ2v) is 6.58. The van der Waals surface area contributed by atoms with Gasteiger partial charge in [0.2, 0.25) is 0 Å². The number of hydrogen-bond donors (Lipinski definition) is 2. The molecule has 0 saturated carbocycles. The Morgan fingerprint density at radius 1 is 1.50 bits per heavy atom. The van der Waals surface area contributed by atoms with Gasteiger partial charge in [0.25, 0.3) is 5.91 Å². The van der Waals surface area contributed by atoms with Crippen molar-refractivity contribution >= 4 is 29.8 Å². The molecular formula is C13H18N4O2S. The van der Waals surface area contributed by atoms with Crippen LogP contribution in [0.4, 0.5) is 0 Å². The highest BCUT2D eigenvalue weighted by Gasteiger charge is 2.44. The second-order valence-electron chi connectivity index (χ2n) is 5.36. The average Bonchev–Trinajstić information content (AvgIpc) is 2.44. The zero-order chi connectivity index (χ0) is 14.3. The molecule has 7 heteroatoms. The van der Waals surface area contributed by atoms with Crippen LogP contribution in [0.5, 0.6) is 0 Å². The van der Waals surface area contributed by atoms with Gasteiger partial charge in [0.1, 0.15) is 18.3 Å². The molecule has 0 bridgehead atoms. The summed E-state index contributed by atoms with van der Waals surface area (Å²) in [7, 11) is 1.67. The minimum atomic E-state index is -1.04. The van der Waals surface area contributed by atoms with E-state index >= 15 is 0 Å². The summed E-state index contributed by atoms with van der Waals surface area (Å²) in [5.74, 6) is 1.91. The molecule has 3 N–H and O–H groups in total. The van der Waals surface area contributed by atoms with Gasteiger partial charge in [0.05, 0.1) is 11.5 Å². The van der Waals surface area contributed by atoms with E-state index in [9.17, 15) is 9.90 Å². The fourth-order valence-corrected chi connectivity index (χ4v) is 4.02. The van der Waals surface area contributed by atoms with Crippen LogP contribution in [-0.2, 0) is 4.79 Å². The molecule has 108 valence electrons. The smallest absolute Gasteiger partial charge is 0.257 e. The Morgan fingerprint density at radius 2 is 2.20 bits per heavy atom. The molecule has 3 heterocycles. The van der Waals surface area contributed by atoms with Crippen LogP contribution in [0.2, 0.25) is 0 Å². The van der Waals surface area contributed by atoms with Crippen molar-refractivity contribution in [1.82, 2.24) is 4.90 Å². The van der Waals surface area contributed by atoms with Crippen molar-refractivity contribution in [2.24, 2.45) is 21.6 Å². The van der Waals surface area contributed by atoms with E-state index in [4.69, 9.17) is 5.73 Å². The number of amidine groups is 1. The van der Waals surface area contributed by atoms with Crippen LogP contribution in [0.15, 0.2) is 21.6 Å². The third kappa shape index (κ3) is 2.10.